The van der Waals surface area contributed by atoms with Gasteiger partial charge in [0.2, 0.25) is 0 Å². The molecule has 3 aromatic rings. The largest absolute Gasteiger partial charge is 0.356 e. The first kappa shape index (κ1) is 18.9. The van der Waals surface area contributed by atoms with E-state index in [-0.39, 0.29) is 5.91 Å². The number of hydrogen-bond acceptors (Lipinski definition) is 6. The second-order valence-corrected chi connectivity index (χ2v) is 9.42. The monoisotopic (exact) mass is 510 g/mol. The SMILES string of the molecule is CSc1nc(N2CCCCC2)c2cc(C(=O)Nc3ccc(I)cc3)sc2n1. The summed E-state index contributed by atoms with van der Waals surface area (Å²) in [4.78, 5) is 26.0. The highest BCUT2D eigenvalue weighted by Crippen LogP contribution is 2.34. The lowest BCUT2D eigenvalue weighted by atomic mass is 10.1. The number of nitrogens with zero attached hydrogens (tertiary/aromatic N) is 3. The molecule has 1 fully saturated rings. The summed E-state index contributed by atoms with van der Waals surface area (Å²) in [7, 11) is 0. The molecule has 3 heterocycles. The summed E-state index contributed by atoms with van der Waals surface area (Å²) in [6, 6.07) is 9.73. The van der Waals surface area contributed by atoms with Crippen LogP contribution in [0, 0.1) is 3.57 Å². The van der Waals surface area contributed by atoms with Crippen LogP contribution in [0.1, 0.15) is 28.9 Å². The third-order valence-electron chi connectivity index (χ3n) is 4.52. The molecule has 0 atom stereocenters. The number of thiophene rings is 1. The molecule has 5 nitrogen and oxygen atoms in total. The molecule has 0 radical (unpaired) electrons. The number of piperidine rings is 1. The van der Waals surface area contributed by atoms with Gasteiger partial charge in [0.05, 0.1) is 10.3 Å². The summed E-state index contributed by atoms with van der Waals surface area (Å²) < 4.78 is 1.14. The van der Waals surface area contributed by atoms with Crippen molar-refractivity contribution in [3.8, 4) is 0 Å². The minimum absolute atomic E-state index is 0.102. The van der Waals surface area contributed by atoms with E-state index in [1.165, 1.54) is 42.4 Å². The van der Waals surface area contributed by atoms with Gasteiger partial charge in [0.25, 0.3) is 5.91 Å². The van der Waals surface area contributed by atoms with Crippen molar-refractivity contribution in [2.24, 2.45) is 0 Å². The first-order valence-electron chi connectivity index (χ1n) is 8.81. The highest BCUT2D eigenvalue weighted by atomic mass is 127. The number of amides is 1. The standard InChI is InChI=1S/C19H19IN4OS2/c1-26-19-22-16(24-9-3-2-4-10-24)14-11-15(27-18(14)23-19)17(25)21-13-7-5-12(20)6-8-13/h5-8,11H,2-4,9-10H2,1H3,(H,21,25). The van der Waals surface area contributed by atoms with Crippen molar-refractivity contribution in [1.29, 1.82) is 0 Å². The lowest BCUT2D eigenvalue weighted by Crippen LogP contribution is -2.30. The zero-order chi connectivity index (χ0) is 18.8. The van der Waals surface area contributed by atoms with Crippen LogP contribution in [-0.2, 0) is 0 Å². The summed E-state index contributed by atoms with van der Waals surface area (Å²) in [6.07, 6.45) is 5.63. The zero-order valence-corrected chi connectivity index (χ0v) is 18.7. The lowest BCUT2D eigenvalue weighted by molar-refractivity contribution is 0.103. The Morgan fingerprint density at radius 2 is 1.93 bits per heavy atom. The van der Waals surface area contributed by atoms with Crippen molar-refractivity contribution < 1.29 is 4.79 Å². The number of fused-ring (bicyclic) bond motifs is 1. The fraction of sp³-hybridized carbons (Fsp3) is 0.316. The molecule has 140 valence electrons. The second-order valence-electron chi connectivity index (χ2n) is 6.37. The molecule has 1 amide bonds. The van der Waals surface area contributed by atoms with Crippen molar-refractivity contribution in [2.45, 2.75) is 24.4 Å². The number of aromatic nitrogens is 2. The van der Waals surface area contributed by atoms with Gasteiger partial charge in [-0.3, -0.25) is 4.79 Å². The normalized spacial score (nSPS) is 14.5. The van der Waals surface area contributed by atoms with Crippen molar-refractivity contribution in [3.05, 3.63) is 38.8 Å². The van der Waals surface area contributed by atoms with E-state index in [2.05, 4.69) is 37.8 Å². The number of halogens is 1. The maximum Gasteiger partial charge on any atom is 0.265 e. The first-order valence-corrected chi connectivity index (χ1v) is 11.9. The van der Waals surface area contributed by atoms with E-state index in [9.17, 15) is 4.79 Å². The Morgan fingerprint density at radius 3 is 2.63 bits per heavy atom. The number of thioether (sulfide) groups is 1. The van der Waals surface area contributed by atoms with E-state index < -0.39 is 0 Å². The molecule has 8 heteroatoms. The number of nitrogens with one attached hydrogen (secondary N) is 1. The third-order valence-corrected chi connectivity index (χ3v) is 6.81. The molecular formula is C19H19IN4OS2. The van der Waals surface area contributed by atoms with Gasteiger partial charge in [-0.2, -0.15) is 0 Å². The molecule has 2 aromatic heterocycles. The predicted octanol–water partition coefficient (Wildman–Crippen LogP) is 5.26. The molecule has 1 aliphatic rings. The van der Waals surface area contributed by atoms with Crippen molar-refractivity contribution in [3.63, 3.8) is 0 Å². The van der Waals surface area contributed by atoms with E-state index in [1.807, 2.05) is 36.6 Å². The van der Waals surface area contributed by atoms with Gasteiger partial charge < -0.3 is 10.2 Å². The summed E-state index contributed by atoms with van der Waals surface area (Å²) in [5.74, 6) is 0.864. The summed E-state index contributed by atoms with van der Waals surface area (Å²) in [5, 5.41) is 4.71. The number of hydrogen-bond donors (Lipinski definition) is 1. The molecule has 1 aliphatic heterocycles. The van der Waals surface area contributed by atoms with Crippen LogP contribution in [0.25, 0.3) is 10.2 Å². The van der Waals surface area contributed by atoms with E-state index in [1.54, 1.807) is 0 Å². The number of benzene rings is 1. The maximum absolute atomic E-state index is 12.7. The summed E-state index contributed by atoms with van der Waals surface area (Å²) in [5.41, 5.74) is 0.796. The Hall–Kier alpha value is -1.39. The number of anilines is 2. The van der Waals surface area contributed by atoms with Crippen LogP contribution < -0.4 is 10.2 Å². The fourth-order valence-electron chi connectivity index (χ4n) is 3.16. The molecule has 1 N–H and O–H groups in total. The molecular weight excluding hydrogens is 491 g/mol. The second kappa shape index (κ2) is 8.32. The van der Waals surface area contributed by atoms with E-state index >= 15 is 0 Å². The predicted molar refractivity (Wildman–Crippen MR) is 122 cm³/mol. The van der Waals surface area contributed by atoms with E-state index in [0.717, 1.165) is 43.5 Å². The third kappa shape index (κ3) is 4.22. The van der Waals surface area contributed by atoms with Crippen LogP contribution in [0.15, 0.2) is 35.5 Å². The molecule has 0 unspecified atom stereocenters. The maximum atomic E-state index is 12.7. The Kier molecular flexibility index (Phi) is 5.84. The highest BCUT2D eigenvalue weighted by molar-refractivity contribution is 14.1. The van der Waals surface area contributed by atoms with Gasteiger partial charge in [-0.25, -0.2) is 9.97 Å². The van der Waals surface area contributed by atoms with Gasteiger partial charge in [0, 0.05) is 22.3 Å². The van der Waals surface area contributed by atoms with Crippen LogP contribution >= 0.6 is 45.7 Å². The number of carbonyl (C=O) groups excluding carboxylic acids is 1. The quantitative estimate of drug-likeness (QED) is 0.295. The van der Waals surface area contributed by atoms with Crippen molar-refractivity contribution in [1.82, 2.24) is 9.97 Å². The van der Waals surface area contributed by atoms with Gasteiger partial charge in [0.1, 0.15) is 10.6 Å². The van der Waals surface area contributed by atoms with Crippen LogP contribution in [0.2, 0.25) is 0 Å². The summed E-state index contributed by atoms with van der Waals surface area (Å²) >= 11 is 5.22. The Labute approximate surface area is 180 Å². The van der Waals surface area contributed by atoms with Crippen molar-refractivity contribution in [2.75, 3.05) is 29.6 Å². The Balaban J connectivity index is 1.67. The fourth-order valence-corrected chi connectivity index (χ4v) is 4.86. The van der Waals surface area contributed by atoms with E-state index in [4.69, 9.17) is 4.98 Å². The molecule has 0 saturated carbocycles. The number of carbonyl (C=O) groups is 1. The van der Waals surface area contributed by atoms with Crippen molar-refractivity contribution >= 4 is 73.3 Å². The minimum Gasteiger partial charge on any atom is -0.356 e. The van der Waals surface area contributed by atoms with Crippen LogP contribution in [0.4, 0.5) is 11.5 Å². The summed E-state index contributed by atoms with van der Waals surface area (Å²) in [6.45, 7) is 2.03. The molecule has 27 heavy (non-hydrogen) atoms. The zero-order valence-electron chi connectivity index (χ0n) is 14.9. The molecule has 4 rings (SSSR count). The van der Waals surface area contributed by atoms with Gasteiger partial charge >= 0.3 is 0 Å². The van der Waals surface area contributed by atoms with Crippen LogP contribution in [0.5, 0.6) is 0 Å². The smallest absolute Gasteiger partial charge is 0.265 e. The molecule has 1 aromatic carbocycles. The Morgan fingerprint density at radius 1 is 1.19 bits per heavy atom. The van der Waals surface area contributed by atoms with E-state index in [0.29, 0.717) is 4.88 Å². The van der Waals surface area contributed by atoms with Gasteiger partial charge in [-0.1, -0.05) is 11.8 Å². The van der Waals surface area contributed by atoms with Gasteiger partial charge in [0.15, 0.2) is 5.16 Å². The number of rotatable bonds is 4. The average Bonchev–Trinajstić information content (AvgIpc) is 3.14. The van der Waals surface area contributed by atoms with Crippen LogP contribution in [0.3, 0.4) is 0 Å². The van der Waals surface area contributed by atoms with Gasteiger partial charge in [-0.05, 0) is 78.4 Å². The first-order chi connectivity index (χ1) is 13.1. The molecule has 0 bridgehead atoms. The van der Waals surface area contributed by atoms with Gasteiger partial charge in [-0.15, -0.1) is 11.3 Å². The molecule has 0 spiro atoms. The topological polar surface area (TPSA) is 58.1 Å². The van der Waals surface area contributed by atoms with Crippen LogP contribution in [-0.4, -0.2) is 35.2 Å². The minimum atomic E-state index is -0.102. The highest BCUT2D eigenvalue weighted by Gasteiger charge is 2.20. The lowest BCUT2D eigenvalue weighted by Gasteiger charge is -2.28. The molecule has 1 saturated heterocycles. The average molecular weight is 510 g/mol. The Bertz CT molecular complexity index is 968. The molecule has 0 aliphatic carbocycles.